The van der Waals surface area contributed by atoms with E-state index in [0.29, 0.717) is 45.6 Å². The first-order valence-corrected chi connectivity index (χ1v) is 7.67. The first-order valence-electron chi connectivity index (χ1n) is 5.82. The van der Waals surface area contributed by atoms with E-state index in [1.807, 2.05) is 0 Å². The maximum Gasteiger partial charge on any atom is 0.223 e. The molecule has 100 valence electrons. The highest BCUT2D eigenvalue weighted by Crippen LogP contribution is 2.07. The molecule has 0 aromatic heterocycles. The summed E-state index contributed by atoms with van der Waals surface area (Å²) in [5, 5.41) is 2.93. The maximum atomic E-state index is 11.8. The second-order valence-electron chi connectivity index (χ2n) is 4.25. The molecule has 17 heavy (non-hydrogen) atoms. The maximum absolute atomic E-state index is 11.8. The fraction of sp³-hybridized carbons (Fsp3) is 0.900. The summed E-state index contributed by atoms with van der Waals surface area (Å²) in [4.78, 5) is 13.5. The topological polar surface area (TPSA) is 69.7 Å². The number of hydrogen-bond donors (Lipinski definition) is 1. The number of rotatable bonds is 4. The molecule has 6 nitrogen and oxygen atoms in total. The smallest absolute Gasteiger partial charge is 0.223 e. The van der Waals surface area contributed by atoms with E-state index in [1.54, 1.807) is 11.9 Å². The van der Waals surface area contributed by atoms with Gasteiger partial charge in [-0.25, -0.2) is 12.7 Å². The van der Waals surface area contributed by atoms with E-state index >= 15 is 0 Å². The highest BCUT2D eigenvalue weighted by Gasteiger charge is 2.23. The predicted octanol–water partition coefficient (Wildman–Crippen LogP) is -0.910. The Labute approximate surface area is 103 Å². The van der Waals surface area contributed by atoms with Crippen molar-refractivity contribution in [1.29, 1.82) is 0 Å². The number of hydrogen-bond acceptors (Lipinski definition) is 4. The molecule has 1 amide bonds. The Bertz CT molecular complexity index is 356. The van der Waals surface area contributed by atoms with Crippen molar-refractivity contribution in [1.82, 2.24) is 14.5 Å². The second-order valence-corrected chi connectivity index (χ2v) is 6.23. The van der Waals surface area contributed by atoms with Crippen LogP contribution in [-0.4, -0.2) is 69.6 Å². The molecule has 0 bridgehead atoms. The highest BCUT2D eigenvalue weighted by atomic mass is 32.2. The number of carbonyl (C=O) groups excluding carboxylic acids is 1. The van der Waals surface area contributed by atoms with Gasteiger partial charge in [0.2, 0.25) is 15.9 Å². The fourth-order valence-corrected chi connectivity index (χ4v) is 2.74. The summed E-state index contributed by atoms with van der Waals surface area (Å²) >= 11 is 0. The minimum Gasteiger partial charge on any atom is -0.341 e. The van der Waals surface area contributed by atoms with Crippen LogP contribution in [0.4, 0.5) is 0 Å². The number of sulfonamides is 1. The molecule has 7 heteroatoms. The lowest BCUT2D eigenvalue weighted by Gasteiger charge is -2.21. The molecule has 1 saturated heterocycles. The van der Waals surface area contributed by atoms with Crippen molar-refractivity contribution in [2.45, 2.75) is 12.8 Å². The normalized spacial score (nSPS) is 19.1. The van der Waals surface area contributed by atoms with Gasteiger partial charge in [-0.3, -0.25) is 4.79 Å². The molecule has 0 saturated carbocycles. The average Bonchev–Trinajstić information content (AvgIpc) is 2.50. The number of amides is 1. The van der Waals surface area contributed by atoms with Gasteiger partial charge < -0.3 is 10.2 Å². The molecule has 0 radical (unpaired) electrons. The van der Waals surface area contributed by atoms with E-state index in [0.717, 1.165) is 0 Å². The summed E-state index contributed by atoms with van der Waals surface area (Å²) in [5.74, 6) is 0.0923. The van der Waals surface area contributed by atoms with Crippen molar-refractivity contribution in [2.24, 2.45) is 0 Å². The van der Waals surface area contributed by atoms with Gasteiger partial charge in [0.25, 0.3) is 0 Å². The van der Waals surface area contributed by atoms with Gasteiger partial charge in [-0.15, -0.1) is 0 Å². The third kappa shape index (κ3) is 4.61. The molecule has 0 aromatic rings. The Morgan fingerprint density at radius 1 is 1.24 bits per heavy atom. The van der Waals surface area contributed by atoms with Crippen LogP contribution in [0, 0.1) is 0 Å². The molecule has 1 N–H and O–H groups in total. The third-order valence-electron chi connectivity index (χ3n) is 2.87. The molecule has 0 spiro atoms. The van der Waals surface area contributed by atoms with Crippen LogP contribution in [0.5, 0.6) is 0 Å². The minimum atomic E-state index is -3.13. The zero-order chi connectivity index (χ0) is 12.9. The number of nitrogens with one attached hydrogen (secondary N) is 1. The van der Waals surface area contributed by atoms with Crippen LogP contribution in [0.25, 0.3) is 0 Å². The largest absolute Gasteiger partial charge is 0.341 e. The van der Waals surface area contributed by atoms with Gasteiger partial charge in [-0.05, 0) is 13.5 Å². The Kier molecular flexibility index (Phi) is 5.35. The first kappa shape index (κ1) is 14.4. The monoisotopic (exact) mass is 263 g/mol. The second kappa shape index (κ2) is 6.32. The van der Waals surface area contributed by atoms with Crippen molar-refractivity contribution in [3.63, 3.8) is 0 Å². The molecule has 1 rings (SSSR count). The molecular formula is C10H21N3O3S. The van der Waals surface area contributed by atoms with E-state index in [9.17, 15) is 13.2 Å². The van der Waals surface area contributed by atoms with Gasteiger partial charge in [0, 0.05) is 39.1 Å². The highest BCUT2D eigenvalue weighted by molar-refractivity contribution is 7.88. The molecule has 1 aliphatic heterocycles. The van der Waals surface area contributed by atoms with E-state index < -0.39 is 10.0 Å². The average molecular weight is 263 g/mol. The fourth-order valence-electron chi connectivity index (χ4n) is 1.86. The lowest BCUT2D eigenvalue weighted by atomic mass is 10.3. The van der Waals surface area contributed by atoms with Crippen LogP contribution in [-0.2, 0) is 14.8 Å². The van der Waals surface area contributed by atoms with E-state index in [-0.39, 0.29) is 5.91 Å². The van der Waals surface area contributed by atoms with Gasteiger partial charge in [0.1, 0.15) is 0 Å². The lowest BCUT2D eigenvalue weighted by molar-refractivity contribution is -0.130. The van der Waals surface area contributed by atoms with E-state index in [2.05, 4.69) is 5.32 Å². The van der Waals surface area contributed by atoms with Crippen molar-refractivity contribution in [3.05, 3.63) is 0 Å². The zero-order valence-corrected chi connectivity index (χ0v) is 11.3. The van der Waals surface area contributed by atoms with Crippen LogP contribution in [0.3, 0.4) is 0 Å². The van der Waals surface area contributed by atoms with Gasteiger partial charge in [0.15, 0.2) is 0 Å². The quantitative estimate of drug-likeness (QED) is 0.713. The molecule has 0 atom stereocenters. The van der Waals surface area contributed by atoms with Crippen LogP contribution in [0.1, 0.15) is 12.8 Å². The summed E-state index contributed by atoms with van der Waals surface area (Å²) in [6.45, 7) is 2.72. The molecule has 1 fully saturated rings. The minimum absolute atomic E-state index is 0.0923. The Hall–Kier alpha value is -0.660. The number of carbonyl (C=O) groups is 1. The zero-order valence-electron chi connectivity index (χ0n) is 10.5. The Balaban J connectivity index is 2.50. The molecule has 1 heterocycles. The van der Waals surface area contributed by atoms with E-state index in [4.69, 9.17) is 0 Å². The van der Waals surface area contributed by atoms with Gasteiger partial charge in [-0.2, -0.15) is 0 Å². The molecule has 0 unspecified atom stereocenters. The Morgan fingerprint density at radius 3 is 2.53 bits per heavy atom. The molecule has 1 aliphatic rings. The lowest BCUT2D eigenvalue weighted by Crippen LogP contribution is -2.37. The van der Waals surface area contributed by atoms with Crippen LogP contribution < -0.4 is 5.32 Å². The van der Waals surface area contributed by atoms with Crippen molar-refractivity contribution in [2.75, 3.05) is 46.0 Å². The van der Waals surface area contributed by atoms with E-state index in [1.165, 1.54) is 10.6 Å². The Morgan fingerprint density at radius 2 is 1.94 bits per heavy atom. The summed E-state index contributed by atoms with van der Waals surface area (Å²) in [5.41, 5.74) is 0. The first-order chi connectivity index (χ1) is 7.95. The van der Waals surface area contributed by atoms with Gasteiger partial charge >= 0.3 is 0 Å². The summed E-state index contributed by atoms with van der Waals surface area (Å²) in [7, 11) is -1.33. The third-order valence-corrected chi connectivity index (χ3v) is 4.17. The summed E-state index contributed by atoms with van der Waals surface area (Å²) < 4.78 is 24.2. The molecule has 0 aromatic carbocycles. The molecular weight excluding hydrogens is 242 g/mol. The SMILES string of the molecule is CNCCC(=O)N1CCCN(S(C)(=O)=O)CC1. The standard InChI is InChI=1S/C10H21N3O3S/c1-11-5-4-10(14)12-6-3-7-13(9-8-12)17(2,15)16/h11H,3-9H2,1-2H3. The van der Waals surface area contributed by atoms with Gasteiger partial charge in [-0.1, -0.05) is 0 Å². The van der Waals surface area contributed by atoms with Crippen LogP contribution in [0.2, 0.25) is 0 Å². The summed E-state index contributed by atoms with van der Waals surface area (Å²) in [6.07, 6.45) is 2.39. The van der Waals surface area contributed by atoms with Crippen molar-refractivity contribution < 1.29 is 13.2 Å². The van der Waals surface area contributed by atoms with Crippen LogP contribution in [0.15, 0.2) is 0 Å². The van der Waals surface area contributed by atoms with Crippen molar-refractivity contribution >= 4 is 15.9 Å². The van der Waals surface area contributed by atoms with Crippen molar-refractivity contribution in [3.8, 4) is 0 Å². The van der Waals surface area contributed by atoms with Gasteiger partial charge in [0.05, 0.1) is 6.26 Å². The summed E-state index contributed by atoms with van der Waals surface area (Å²) in [6, 6.07) is 0. The van der Waals surface area contributed by atoms with Crippen LogP contribution >= 0.6 is 0 Å². The number of nitrogens with zero attached hydrogens (tertiary/aromatic N) is 2. The molecule has 0 aliphatic carbocycles. The predicted molar refractivity (Wildman–Crippen MR) is 66.2 cm³/mol.